The average molecular weight is 206 g/mol. The van der Waals surface area contributed by atoms with Gasteiger partial charge in [-0.25, -0.2) is 0 Å². The van der Waals surface area contributed by atoms with Crippen molar-refractivity contribution in [3.63, 3.8) is 0 Å². The Bertz CT molecular complexity index is 260. The molecular weight excluding hydrogens is 180 g/mol. The SMILES string of the molecule is CC=C(C)CC(C)C(=CC)CC=C(C)C. The first-order valence-corrected chi connectivity index (χ1v) is 5.91. The van der Waals surface area contributed by atoms with Crippen molar-refractivity contribution < 1.29 is 0 Å². The van der Waals surface area contributed by atoms with Gasteiger partial charge in [-0.3, -0.25) is 0 Å². The van der Waals surface area contributed by atoms with Gasteiger partial charge in [-0.1, -0.05) is 41.9 Å². The van der Waals surface area contributed by atoms with Gasteiger partial charge in [0.2, 0.25) is 0 Å². The molecule has 0 aliphatic heterocycles. The van der Waals surface area contributed by atoms with E-state index in [4.69, 9.17) is 0 Å². The lowest BCUT2D eigenvalue weighted by molar-refractivity contribution is 0.655. The molecule has 0 aromatic heterocycles. The van der Waals surface area contributed by atoms with Crippen LogP contribution in [0.3, 0.4) is 0 Å². The van der Waals surface area contributed by atoms with Crippen molar-refractivity contribution in [2.45, 2.75) is 54.4 Å². The number of rotatable bonds is 5. The van der Waals surface area contributed by atoms with E-state index >= 15 is 0 Å². The molecule has 0 saturated carbocycles. The molecular formula is C15H26. The molecule has 0 saturated heterocycles. The Balaban J connectivity index is 4.37. The highest BCUT2D eigenvalue weighted by Gasteiger charge is 2.07. The summed E-state index contributed by atoms with van der Waals surface area (Å²) in [7, 11) is 0. The van der Waals surface area contributed by atoms with Gasteiger partial charge in [0, 0.05) is 0 Å². The summed E-state index contributed by atoms with van der Waals surface area (Å²) < 4.78 is 0. The quantitative estimate of drug-likeness (QED) is 0.537. The molecule has 15 heavy (non-hydrogen) atoms. The summed E-state index contributed by atoms with van der Waals surface area (Å²) >= 11 is 0. The van der Waals surface area contributed by atoms with Crippen molar-refractivity contribution in [3.8, 4) is 0 Å². The van der Waals surface area contributed by atoms with Crippen LogP contribution in [-0.2, 0) is 0 Å². The van der Waals surface area contributed by atoms with Gasteiger partial charge in [-0.15, -0.1) is 0 Å². The number of allylic oxidation sites excluding steroid dienone is 6. The fourth-order valence-electron chi connectivity index (χ4n) is 1.66. The van der Waals surface area contributed by atoms with Crippen LogP contribution in [0.5, 0.6) is 0 Å². The Hall–Kier alpha value is -0.780. The zero-order chi connectivity index (χ0) is 11.8. The van der Waals surface area contributed by atoms with Crippen LogP contribution in [0.15, 0.2) is 34.9 Å². The van der Waals surface area contributed by atoms with Crippen LogP contribution >= 0.6 is 0 Å². The van der Waals surface area contributed by atoms with E-state index in [1.54, 1.807) is 5.57 Å². The molecule has 86 valence electrons. The van der Waals surface area contributed by atoms with Crippen LogP contribution in [0.25, 0.3) is 0 Å². The first kappa shape index (κ1) is 14.2. The molecule has 0 fully saturated rings. The summed E-state index contributed by atoms with van der Waals surface area (Å²) in [5, 5.41) is 0. The summed E-state index contributed by atoms with van der Waals surface area (Å²) in [6.07, 6.45) is 9.10. The molecule has 0 aromatic carbocycles. The maximum Gasteiger partial charge on any atom is -0.0134 e. The van der Waals surface area contributed by atoms with Gasteiger partial charge in [0.25, 0.3) is 0 Å². The fraction of sp³-hybridized carbons (Fsp3) is 0.600. The monoisotopic (exact) mass is 206 g/mol. The van der Waals surface area contributed by atoms with E-state index in [-0.39, 0.29) is 0 Å². The smallest absolute Gasteiger partial charge is 0.0134 e. The van der Waals surface area contributed by atoms with Crippen molar-refractivity contribution in [2.75, 3.05) is 0 Å². The predicted octanol–water partition coefficient (Wildman–Crippen LogP) is 5.28. The molecule has 0 aliphatic carbocycles. The third-order valence-electron chi connectivity index (χ3n) is 2.87. The van der Waals surface area contributed by atoms with Gasteiger partial charge in [0.15, 0.2) is 0 Å². The van der Waals surface area contributed by atoms with E-state index in [2.05, 4.69) is 59.8 Å². The minimum atomic E-state index is 0.668. The molecule has 0 amide bonds. The van der Waals surface area contributed by atoms with E-state index in [9.17, 15) is 0 Å². The normalized spacial score (nSPS) is 15.1. The topological polar surface area (TPSA) is 0 Å². The number of hydrogen-bond donors (Lipinski definition) is 0. The van der Waals surface area contributed by atoms with Gasteiger partial charge in [0.05, 0.1) is 0 Å². The van der Waals surface area contributed by atoms with Gasteiger partial charge in [-0.05, 0) is 53.4 Å². The second-order valence-corrected chi connectivity index (χ2v) is 4.59. The third-order valence-corrected chi connectivity index (χ3v) is 2.87. The van der Waals surface area contributed by atoms with E-state index in [1.165, 1.54) is 17.6 Å². The lowest BCUT2D eigenvalue weighted by Gasteiger charge is -2.15. The van der Waals surface area contributed by atoms with E-state index in [1.807, 2.05) is 0 Å². The molecule has 1 unspecified atom stereocenters. The van der Waals surface area contributed by atoms with Crippen molar-refractivity contribution in [1.29, 1.82) is 0 Å². The van der Waals surface area contributed by atoms with Crippen LogP contribution in [-0.4, -0.2) is 0 Å². The van der Waals surface area contributed by atoms with Crippen molar-refractivity contribution in [1.82, 2.24) is 0 Å². The second kappa shape index (κ2) is 7.50. The Labute approximate surface area is 95.8 Å². The molecule has 0 aromatic rings. The Morgan fingerprint density at radius 3 is 2.07 bits per heavy atom. The highest BCUT2D eigenvalue weighted by molar-refractivity contribution is 5.14. The van der Waals surface area contributed by atoms with Crippen LogP contribution < -0.4 is 0 Å². The molecule has 0 aliphatic rings. The summed E-state index contributed by atoms with van der Waals surface area (Å²) in [5.74, 6) is 0.668. The van der Waals surface area contributed by atoms with E-state index in [0.717, 1.165) is 6.42 Å². The highest BCUT2D eigenvalue weighted by atomic mass is 14.1. The van der Waals surface area contributed by atoms with Crippen molar-refractivity contribution in [3.05, 3.63) is 34.9 Å². The molecule has 0 nitrogen and oxygen atoms in total. The molecule has 0 N–H and O–H groups in total. The lowest BCUT2D eigenvalue weighted by Crippen LogP contribution is -1.99. The first-order valence-electron chi connectivity index (χ1n) is 5.91. The van der Waals surface area contributed by atoms with Crippen LogP contribution in [0.2, 0.25) is 0 Å². The first-order chi connectivity index (χ1) is 7.01. The Morgan fingerprint density at radius 2 is 1.67 bits per heavy atom. The summed E-state index contributed by atoms with van der Waals surface area (Å²) in [6.45, 7) is 13.1. The Kier molecular flexibility index (Phi) is 7.11. The molecule has 1 atom stereocenters. The van der Waals surface area contributed by atoms with Crippen LogP contribution in [0.1, 0.15) is 54.4 Å². The maximum atomic E-state index is 2.32. The van der Waals surface area contributed by atoms with Crippen molar-refractivity contribution in [2.24, 2.45) is 5.92 Å². The van der Waals surface area contributed by atoms with Crippen LogP contribution in [0.4, 0.5) is 0 Å². The molecule has 0 rings (SSSR count). The maximum absolute atomic E-state index is 2.32. The van der Waals surface area contributed by atoms with Gasteiger partial charge in [0.1, 0.15) is 0 Å². The summed E-state index contributed by atoms with van der Waals surface area (Å²) in [6, 6.07) is 0. The van der Waals surface area contributed by atoms with Crippen LogP contribution in [0, 0.1) is 5.92 Å². The van der Waals surface area contributed by atoms with Gasteiger partial charge < -0.3 is 0 Å². The summed E-state index contributed by atoms with van der Waals surface area (Å²) in [5.41, 5.74) is 4.45. The molecule has 0 heterocycles. The largest absolute Gasteiger partial charge is 0.0887 e. The summed E-state index contributed by atoms with van der Waals surface area (Å²) in [4.78, 5) is 0. The van der Waals surface area contributed by atoms with Crippen molar-refractivity contribution >= 4 is 0 Å². The lowest BCUT2D eigenvalue weighted by atomic mass is 9.91. The van der Waals surface area contributed by atoms with E-state index in [0.29, 0.717) is 5.92 Å². The fourth-order valence-corrected chi connectivity index (χ4v) is 1.66. The molecule has 0 radical (unpaired) electrons. The highest BCUT2D eigenvalue weighted by Crippen LogP contribution is 2.22. The minimum Gasteiger partial charge on any atom is -0.0887 e. The zero-order valence-corrected chi connectivity index (χ0v) is 11.2. The number of hydrogen-bond acceptors (Lipinski definition) is 0. The molecule has 0 bridgehead atoms. The standard InChI is InChI=1S/C15H26/c1-7-13(5)11-14(6)15(8-2)10-9-12(3)4/h7-9,14H,10-11H2,1-6H3. The van der Waals surface area contributed by atoms with Gasteiger partial charge >= 0.3 is 0 Å². The molecule has 0 heteroatoms. The Morgan fingerprint density at radius 1 is 1.07 bits per heavy atom. The second-order valence-electron chi connectivity index (χ2n) is 4.59. The molecule has 0 spiro atoms. The average Bonchev–Trinajstić information content (AvgIpc) is 2.18. The predicted molar refractivity (Wildman–Crippen MR) is 71.0 cm³/mol. The minimum absolute atomic E-state index is 0.668. The van der Waals surface area contributed by atoms with Gasteiger partial charge in [-0.2, -0.15) is 0 Å². The zero-order valence-electron chi connectivity index (χ0n) is 11.2. The third kappa shape index (κ3) is 6.33. The van der Waals surface area contributed by atoms with E-state index < -0.39 is 0 Å².